The normalized spacial score (nSPS) is 10.5. The van der Waals surface area contributed by atoms with Crippen molar-refractivity contribution in [2.75, 3.05) is 0 Å². The molecule has 0 aliphatic heterocycles. The fourth-order valence-corrected chi connectivity index (χ4v) is 2.30. The van der Waals surface area contributed by atoms with Crippen molar-refractivity contribution in [3.63, 3.8) is 0 Å². The van der Waals surface area contributed by atoms with Gasteiger partial charge in [0.1, 0.15) is 5.76 Å². The van der Waals surface area contributed by atoms with Crippen molar-refractivity contribution in [2.45, 2.75) is 6.92 Å². The molecule has 17 heavy (non-hydrogen) atoms. The zero-order valence-electron chi connectivity index (χ0n) is 8.70. The molecule has 0 saturated carbocycles. The molecular formula is C11H7BrINO3. The highest BCUT2D eigenvalue weighted by atomic mass is 127. The van der Waals surface area contributed by atoms with Gasteiger partial charge in [0, 0.05) is 8.04 Å². The maximum atomic E-state index is 10.9. The summed E-state index contributed by atoms with van der Waals surface area (Å²) in [6.45, 7) is 1.59. The average Bonchev–Trinajstić information content (AvgIpc) is 2.64. The number of carboxylic acid groups (broad SMARTS) is 1. The van der Waals surface area contributed by atoms with Crippen LogP contribution in [0, 0.1) is 10.5 Å². The lowest BCUT2D eigenvalue weighted by atomic mass is 10.2. The first-order valence-electron chi connectivity index (χ1n) is 4.65. The molecule has 0 atom stereocenters. The predicted molar refractivity (Wildman–Crippen MR) is 74.1 cm³/mol. The second-order valence-electron chi connectivity index (χ2n) is 3.35. The molecule has 0 saturated heterocycles. The average molecular weight is 408 g/mol. The maximum Gasteiger partial charge on any atom is 0.358 e. The third-order valence-electron chi connectivity index (χ3n) is 2.16. The van der Waals surface area contributed by atoms with Crippen molar-refractivity contribution in [1.29, 1.82) is 0 Å². The molecule has 0 bridgehead atoms. The standard InChI is InChI=1S/C11H7BrINO3/c1-5-9(11(15)16)14-10(17-5)7-4-6(12)2-3-8(7)13/h2-4H,1H3,(H,15,16). The molecule has 0 aliphatic carbocycles. The molecule has 0 unspecified atom stereocenters. The van der Waals surface area contributed by atoms with E-state index in [0.29, 0.717) is 11.7 Å². The Hall–Kier alpha value is -0.890. The van der Waals surface area contributed by atoms with E-state index in [1.54, 1.807) is 6.92 Å². The Morgan fingerprint density at radius 2 is 2.24 bits per heavy atom. The largest absolute Gasteiger partial charge is 0.476 e. The summed E-state index contributed by atoms with van der Waals surface area (Å²) in [4.78, 5) is 14.9. The molecule has 1 aromatic heterocycles. The van der Waals surface area contributed by atoms with Crippen molar-refractivity contribution in [3.05, 3.63) is 37.7 Å². The van der Waals surface area contributed by atoms with Crippen molar-refractivity contribution in [1.82, 2.24) is 4.98 Å². The summed E-state index contributed by atoms with van der Waals surface area (Å²) in [6, 6.07) is 5.65. The Kier molecular flexibility index (Phi) is 3.53. The number of oxazole rings is 1. The summed E-state index contributed by atoms with van der Waals surface area (Å²) in [7, 11) is 0. The van der Waals surface area contributed by atoms with Crippen LogP contribution in [0.5, 0.6) is 0 Å². The van der Waals surface area contributed by atoms with Gasteiger partial charge in [0.15, 0.2) is 5.69 Å². The second-order valence-corrected chi connectivity index (χ2v) is 5.43. The first-order valence-corrected chi connectivity index (χ1v) is 6.52. The van der Waals surface area contributed by atoms with Crippen LogP contribution in [0.15, 0.2) is 27.1 Å². The molecule has 6 heteroatoms. The molecule has 0 spiro atoms. The van der Waals surface area contributed by atoms with Crippen LogP contribution in [0.3, 0.4) is 0 Å². The molecule has 1 N–H and O–H groups in total. The van der Waals surface area contributed by atoms with E-state index in [1.165, 1.54) is 0 Å². The van der Waals surface area contributed by atoms with E-state index in [4.69, 9.17) is 9.52 Å². The molecule has 0 fully saturated rings. The fraction of sp³-hybridized carbons (Fsp3) is 0.0909. The SMILES string of the molecule is Cc1oc(-c2cc(Br)ccc2I)nc1C(=O)O. The number of aryl methyl sites for hydroxylation is 1. The Morgan fingerprint density at radius 3 is 2.82 bits per heavy atom. The molecule has 0 radical (unpaired) electrons. The Bertz CT molecular complexity index is 594. The van der Waals surface area contributed by atoms with E-state index in [9.17, 15) is 4.79 Å². The first-order chi connectivity index (χ1) is 7.99. The van der Waals surface area contributed by atoms with Crippen LogP contribution < -0.4 is 0 Å². The minimum absolute atomic E-state index is 0.0456. The summed E-state index contributed by atoms with van der Waals surface area (Å²) >= 11 is 5.51. The zero-order chi connectivity index (χ0) is 12.6. The van der Waals surface area contributed by atoms with Crippen molar-refractivity contribution >= 4 is 44.5 Å². The van der Waals surface area contributed by atoms with Gasteiger partial charge in [-0.25, -0.2) is 9.78 Å². The van der Waals surface area contributed by atoms with Crippen LogP contribution in [0.4, 0.5) is 0 Å². The molecule has 0 amide bonds. The number of carbonyl (C=O) groups is 1. The van der Waals surface area contributed by atoms with Gasteiger partial charge >= 0.3 is 5.97 Å². The van der Waals surface area contributed by atoms with E-state index < -0.39 is 5.97 Å². The minimum Gasteiger partial charge on any atom is -0.476 e. The van der Waals surface area contributed by atoms with Gasteiger partial charge in [0.05, 0.1) is 5.56 Å². The molecule has 2 aromatic rings. The van der Waals surface area contributed by atoms with E-state index in [1.807, 2.05) is 18.2 Å². The van der Waals surface area contributed by atoms with Crippen molar-refractivity contribution < 1.29 is 14.3 Å². The number of rotatable bonds is 2. The van der Waals surface area contributed by atoms with Gasteiger partial charge in [-0.3, -0.25) is 0 Å². The third-order valence-corrected chi connectivity index (χ3v) is 3.59. The zero-order valence-corrected chi connectivity index (χ0v) is 12.4. The van der Waals surface area contributed by atoms with Crippen LogP contribution in [0.1, 0.15) is 16.2 Å². The number of aromatic nitrogens is 1. The number of carboxylic acids is 1. The van der Waals surface area contributed by atoms with E-state index >= 15 is 0 Å². The van der Waals surface area contributed by atoms with Crippen LogP contribution in [-0.4, -0.2) is 16.1 Å². The van der Waals surface area contributed by atoms with Crippen LogP contribution in [0.25, 0.3) is 11.5 Å². The summed E-state index contributed by atoms with van der Waals surface area (Å²) in [5.74, 6) is -0.448. The molecule has 2 rings (SSSR count). The highest BCUT2D eigenvalue weighted by Gasteiger charge is 2.18. The summed E-state index contributed by atoms with van der Waals surface area (Å²) in [5.41, 5.74) is 0.728. The summed E-state index contributed by atoms with van der Waals surface area (Å²) in [6.07, 6.45) is 0. The molecule has 4 nitrogen and oxygen atoms in total. The van der Waals surface area contributed by atoms with E-state index in [0.717, 1.165) is 13.6 Å². The lowest BCUT2D eigenvalue weighted by Gasteiger charge is -2.00. The molecule has 88 valence electrons. The van der Waals surface area contributed by atoms with Crippen molar-refractivity contribution in [2.24, 2.45) is 0 Å². The molecule has 1 heterocycles. The maximum absolute atomic E-state index is 10.9. The highest BCUT2D eigenvalue weighted by Crippen LogP contribution is 2.29. The van der Waals surface area contributed by atoms with Gasteiger partial charge in [-0.2, -0.15) is 0 Å². The Balaban J connectivity index is 2.57. The van der Waals surface area contributed by atoms with Gasteiger partial charge in [0.2, 0.25) is 5.89 Å². The lowest BCUT2D eigenvalue weighted by Crippen LogP contribution is -1.98. The van der Waals surface area contributed by atoms with Gasteiger partial charge in [-0.15, -0.1) is 0 Å². The number of benzene rings is 1. The number of nitrogens with zero attached hydrogens (tertiary/aromatic N) is 1. The van der Waals surface area contributed by atoms with Gasteiger partial charge < -0.3 is 9.52 Å². The van der Waals surface area contributed by atoms with Gasteiger partial charge in [0.25, 0.3) is 0 Å². The van der Waals surface area contributed by atoms with Gasteiger partial charge in [-0.05, 0) is 47.7 Å². The molecule has 1 aromatic carbocycles. The second kappa shape index (κ2) is 4.77. The number of aromatic carboxylic acids is 1. The van der Waals surface area contributed by atoms with E-state index in [-0.39, 0.29) is 5.69 Å². The molecular weight excluding hydrogens is 401 g/mol. The summed E-state index contributed by atoms with van der Waals surface area (Å²) in [5, 5.41) is 8.92. The highest BCUT2D eigenvalue weighted by molar-refractivity contribution is 14.1. The molecule has 0 aliphatic rings. The lowest BCUT2D eigenvalue weighted by molar-refractivity contribution is 0.0689. The number of halogens is 2. The summed E-state index contributed by atoms with van der Waals surface area (Å²) < 4.78 is 7.22. The topological polar surface area (TPSA) is 63.3 Å². The van der Waals surface area contributed by atoms with E-state index in [2.05, 4.69) is 43.5 Å². The van der Waals surface area contributed by atoms with Crippen molar-refractivity contribution in [3.8, 4) is 11.5 Å². The predicted octanol–water partition coefficient (Wildman–Crippen LogP) is 3.72. The fourth-order valence-electron chi connectivity index (χ4n) is 1.37. The monoisotopic (exact) mass is 407 g/mol. The Morgan fingerprint density at radius 1 is 1.53 bits per heavy atom. The quantitative estimate of drug-likeness (QED) is 0.770. The van der Waals surface area contributed by atoms with Gasteiger partial charge in [-0.1, -0.05) is 15.9 Å². The van der Waals surface area contributed by atoms with Crippen LogP contribution >= 0.6 is 38.5 Å². The minimum atomic E-state index is -1.08. The number of hydrogen-bond acceptors (Lipinski definition) is 3. The third kappa shape index (κ3) is 2.52. The Labute approximate surface area is 119 Å². The first kappa shape index (κ1) is 12.6. The number of hydrogen-bond donors (Lipinski definition) is 1. The smallest absolute Gasteiger partial charge is 0.358 e. The van der Waals surface area contributed by atoms with Crippen LogP contribution in [-0.2, 0) is 0 Å². The van der Waals surface area contributed by atoms with Crippen LogP contribution in [0.2, 0.25) is 0 Å².